The van der Waals surface area contributed by atoms with Crippen LogP contribution in [0.25, 0.3) is 10.2 Å². The average Bonchev–Trinajstić information content (AvgIpc) is 3.23. The van der Waals surface area contributed by atoms with Gasteiger partial charge in [-0.05, 0) is 61.4 Å². The number of benzene rings is 3. The van der Waals surface area contributed by atoms with Gasteiger partial charge in [0.15, 0.2) is 0 Å². The molecule has 34 heavy (non-hydrogen) atoms. The molecule has 3 aromatic carbocycles. The molecule has 0 aliphatic carbocycles. The van der Waals surface area contributed by atoms with Crippen molar-refractivity contribution in [1.29, 1.82) is 0 Å². The van der Waals surface area contributed by atoms with E-state index in [0.717, 1.165) is 15.3 Å². The lowest BCUT2D eigenvalue weighted by atomic mass is 9.83. The van der Waals surface area contributed by atoms with Crippen molar-refractivity contribution in [3.63, 3.8) is 0 Å². The third-order valence-electron chi connectivity index (χ3n) is 6.02. The van der Waals surface area contributed by atoms with E-state index in [1.807, 2.05) is 13.0 Å². The molecule has 0 bridgehead atoms. The summed E-state index contributed by atoms with van der Waals surface area (Å²) in [5, 5.41) is 21.1. The van der Waals surface area contributed by atoms with E-state index in [2.05, 4.69) is 4.98 Å². The first-order chi connectivity index (χ1) is 16.4. The summed E-state index contributed by atoms with van der Waals surface area (Å²) in [5.74, 6) is -0.412. The molecule has 1 aliphatic heterocycles. The van der Waals surface area contributed by atoms with Crippen LogP contribution in [0.15, 0.2) is 60.7 Å². The number of rotatable bonds is 6. The van der Waals surface area contributed by atoms with Gasteiger partial charge in [-0.15, -0.1) is 11.3 Å². The number of ether oxygens (including phenoxy) is 2. The molecule has 1 aromatic heterocycles. The van der Waals surface area contributed by atoms with E-state index in [4.69, 9.17) is 9.47 Å². The molecule has 3 atom stereocenters. The van der Waals surface area contributed by atoms with Crippen LogP contribution in [0.1, 0.15) is 39.5 Å². The summed E-state index contributed by atoms with van der Waals surface area (Å²) < 4.78 is 26.3. The number of carboxylic acid groups (broad SMARTS) is 1. The Kier molecular flexibility index (Phi) is 5.93. The maximum atomic E-state index is 13.4. The Labute approximate surface area is 199 Å². The molecule has 0 fully saturated rings. The number of aromatic nitrogens is 1. The van der Waals surface area contributed by atoms with Gasteiger partial charge in [0, 0.05) is 17.5 Å². The van der Waals surface area contributed by atoms with Crippen LogP contribution >= 0.6 is 11.3 Å². The fourth-order valence-electron chi connectivity index (χ4n) is 4.27. The van der Waals surface area contributed by atoms with Gasteiger partial charge in [0.05, 0.1) is 21.9 Å². The first-order valence-electron chi connectivity index (χ1n) is 10.9. The molecule has 8 heteroatoms. The van der Waals surface area contributed by atoms with Crippen molar-refractivity contribution in [2.45, 2.75) is 32.2 Å². The molecular formula is C26H22FNO5S. The maximum absolute atomic E-state index is 13.4. The molecule has 2 N–H and O–H groups in total. The van der Waals surface area contributed by atoms with Crippen molar-refractivity contribution in [2.24, 2.45) is 5.92 Å². The average molecular weight is 480 g/mol. The summed E-state index contributed by atoms with van der Waals surface area (Å²) >= 11 is 1.44. The number of thiazole rings is 1. The van der Waals surface area contributed by atoms with Gasteiger partial charge < -0.3 is 19.7 Å². The molecular weight excluding hydrogens is 457 g/mol. The number of halogens is 1. The molecule has 0 unspecified atom stereocenters. The smallest absolute Gasteiger partial charge is 0.335 e. The van der Waals surface area contributed by atoms with E-state index in [1.54, 1.807) is 42.5 Å². The van der Waals surface area contributed by atoms with Crippen LogP contribution < -0.4 is 9.47 Å². The zero-order chi connectivity index (χ0) is 23.8. The number of fused-ring (bicyclic) bond motifs is 2. The van der Waals surface area contributed by atoms with Crippen molar-refractivity contribution in [3.05, 3.63) is 88.2 Å². The highest BCUT2D eigenvalue weighted by molar-refractivity contribution is 7.18. The summed E-state index contributed by atoms with van der Waals surface area (Å²) in [6.07, 6.45) is -0.594. The second kappa shape index (κ2) is 9.04. The van der Waals surface area contributed by atoms with Crippen molar-refractivity contribution < 1.29 is 28.9 Å². The number of nitrogens with zero attached hydrogens (tertiary/aromatic N) is 1. The molecule has 0 spiro atoms. The van der Waals surface area contributed by atoms with Crippen molar-refractivity contribution in [2.75, 3.05) is 0 Å². The van der Waals surface area contributed by atoms with E-state index < -0.39 is 12.1 Å². The summed E-state index contributed by atoms with van der Waals surface area (Å²) in [5.41, 5.74) is 2.26. The minimum Gasteiger partial charge on any atom is -0.490 e. The number of aliphatic hydroxyl groups excluding tert-OH is 1. The topological polar surface area (TPSA) is 88.9 Å². The molecule has 4 aromatic rings. The Morgan fingerprint density at radius 1 is 1.18 bits per heavy atom. The molecule has 0 radical (unpaired) electrons. The SMILES string of the molecule is C[C@H]1Oc2ccc(OCc3nc4cc(F)ccc4s3)cc2[C@H](O)[C@@H]1Cc1cccc(C(=O)O)c1. The van der Waals surface area contributed by atoms with Crippen LogP contribution in [0.5, 0.6) is 11.5 Å². The Balaban J connectivity index is 1.33. The third-order valence-corrected chi connectivity index (χ3v) is 7.03. The Morgan fingerprint density at radius 3 is 2.85 bits per heavy atom. The van der Waals surface area contributed by atoms with Gasteiger partial charge in [0.1, 0.15) is 35.0 Å². The number of hydrogen-bond acceptors (Lipinski definition) is 6. The second-order valence-corrected chi connectivity index (χ2v) is 9.46. The van der Waals surface area contributed by atoms with Crippen LogP contribution in [0, 0.1) is 11.7 Å². The molecule has 6 nitrogen and oxygen atoms in total. The first-order valence-corrected chi connectivity index (χ1v) is 11.7. The van der Waals surface area contributed by atoms with E-state index in [9.17, 15) is 19.4 Å². The van der Waals surface area contributed by atoms with Crippen molar-refractivity contribution in [3.8, 4) is 11.5 Å². The molecule has 0 amide bonds. The lowest BCUT2D eigenvalue weighted by Crippen LogP contribution is -2.35. The first kappa shape index (κ1) is 22.3. The molecule has 174 valence electrons. The van der Waals surface area contributed by atoms with Gasteiger partial charge in [-0.1, -0.05) is 12.1 Å². The van der Waals surface area contributed by atoms with E-state index in [1.165, 1.54) is 23.5 Å². The number of carbonyl (C=O) groups is 1. The number of aromatic carboxylic acids is 1. The standard InChI is InChI=1S/C26H22FNO5S/c1-14-19(10-15-3-2-4-16(9-15)26(30)31)25(29)20-12-18(6-7-22(20)33-14)32-13-24-28-21-11-17(27)5-8-23(21)34-24/h2-9,11-12,14,19,25,29H,10,13H2,1H3,(H,30,31)/t14-,19-,25-/m1/s1. The predicted octanol–water partition coefficient (Wildman–Crippen LogP) is 5.39. The second-order valence-electron chi connectivity index (χ2n) is 8.35. The lowest BCUT2D eigenvalue weighted by Gasteiger charge is -2.36. The van der Waals surface area contributed by atoms with Crippen LogP contribution in [0.2, 0.25) is 0 Å². The minimum atomic E-state index is -0.985. The van der Waals surface area contributed by atoms with E-state index in [-0.39, 0.29) is 30.0 Å². The summed E-state index contributed by atoms with van der Waals surface area (Å²) in [7, 11) is 0. The zero-order valence-corrected chi connectivity index (χ0v) is 19.1. The van der Waals surface area contributed by atoms with Gasteiger partial charge >= 0.3 is 5.97 Å². The summed E-state index contributed by atoms with van der Waals surface area (Å²) in [4.78, 5) is 15.7. The molecule has 1 aliphatic rings. The number of carboxylic acids is 1. The highest BCUT2D eigenvalue weighted by Gasteiger charge is 2.35. The normalized spacial score (nSPS) is 19.4. The van der Waals surface area contributed by atoms with Crippen LogP contribution in [-0.4, -0.2) is 27.3 Å². The number of hydrogen-bond donors (Lipinski definition) is 2. The van der Waals surface area contributed by atoms with Crippen LogP contribution in [-0.2, 0) is 13.0 Å². The quantitative estimate of drug-likeness (QED) is 0.386. The van der Waals surface area contributed by atoms with E-state index >= 15 is 0 Å². The number of aliphatic hydroxyl groups is 1. The van der Waals surface area contributed by atoms with Gasteiger partial charge in [0.2, 0.25) is 0 Å². The predicted molar refractivity (Wildman–Crippen MR) is 126 cm³/mol. The molecule has 5 rings (SSSR count). The minimum absolute atomic E-state index is 0.213. The fourth-order valence-corrected chi connectivity index (χ4v) is 5.13. The highest BCUT2D eigenvalue weighted by Crippen LogP contribution is 2.42. The summed E-state index contributed by atoms with van der Waals surface area (Å²) in [6, 6.07) is 16.6. The Hall–Kier alpha value is -3.49. The molecule has 0 saturated heterocycles. The maximum Gasteiger partial charge on any atom is 0.335 e. The lowest BCUT2D eigenvalue weighted by molar-refractivity contribution is 0.00778. The largest absolute Gasteiger partial charge is 0.490 e. The van der Waals surface area contributed by atoms with Gasteiger partial charge in [0.25, 0.3) is 0 Å². The van der Waals surface area contributed by atoms with Crippen LogP contribution in [0.3, 0.4) is 0 Å². The third kappa shape index (κ3) is 4.47. The monoisotopic (exact) mass is 479 g/mol. The highest BCUT2D eigenvalue weighted by atomic mass is 32.1. The molecule has 0 saturated carbocycles. The van der Waals surface area contributed by atoms with Gasteiger partial charge in [-0.2, -0.15) is 0 Å². The van der Waals surface area contributed by atoms with Gasteiger partial charge in [-0.3, -0.25) is 0 Å². The fraction of sp³-hybridized carbons (Fsp3) is 0.231. The van der Waals surface area contributed by atoms with Crippen molar-refractivity contribution in [1.82, 2.24) is 4.98 Å². The Bertz CT molecular complexity index is 1370. The van der Waals surface area contributed by atoms with E-state index in [0.29, 0.717) is 29.0 Å². The van der Waals surface area contributed by atoms with Gasteiger partial charge in [-0.25, -0.2) is 14.2 Å². The zero-order valence-electron chi connectivity index (χ0n) is 18.3. The van der Waals surface area contributed by atoms with Crippen LogP contribution in [0.4, 0.5) is 4.39 Å². The molecule has 2 heterocycles. The Morgan fingerprint density at radius 2 is 2.03 bits per heavy atom. The van der Waals surface area contributed by atoms with Crippen molar-refractivity contribution >= 4 is 27.5 Å². The summed E-state index contributed by atoms with van der Waals surface area (Å²) in [6.45, 7) is 2.12.